The molecule has 2 N–H and O–H groups in total. The van der Waals surface area contributed by atoms with Crippen LogP contribution in [0, 0.1) is 0 Å². The Morgan fingerprint density at radius 3 is 2.64 bits per heavy atom. The van der Waals surface area contributed by atoms with Gasteiger partial charge in [0.2, 0.25) is 0 Å². The molecule has 78 valence electrons. The van der Waals surface area contributed by atoms with Crippen LogP contribution in [0.1, 0.15) is 25.6 Å². The summed E-state index contributed by atoms with van der Waals surface area (Å²) in [6.45, 7) is 5.12. The van der Waals surface area contributed by atoms with Crippen LogP contribution in [-0.2, 0) is 0 Å². The van der Waals surface area contributed by atoms with Gasteiger partial charge in [-0.2, -0.15) is 0 Å². The molecule has 0 amide bonds. The molecule has 0 bridgehead atoms. The van der Waals surface area contributed by atoms with E-state index in [1.807, 2.05) is 31.3 Å². The Morgan fingerprint density at radius 1 is 1.50 bits per heavy atom. The number of nitrogens with zero attached hydrogens (tertiary/aromatic N) is 2. The fourth-order valence-electron chi connectivity index (χ4n) is 1.64. The van der Waals surface area contributed by atoms with Gasteiger partial charge in [0.25, 0.3) is 0 Å². The number of pyridine rings is 1. The SMILES string of the molecule is CCN(C)C(c1ccccn1)C(C)N. The van der Waals surface area contributed by atoms with Crippen LogP contribution in [-0.4, -0.2) is 29.5 Å². The van der Waals surface area contributed by atoms with Crippen molar-refractivity contribution in [1.82, 2.24) is 9.88 Å². The van der Waals surface area contributed by atoms with Crippen LogP contribution < -0.4 is 5.73 Å². The van der Waals surface area contributed by atoms with Crippen molar-refractivity contribution in [2.24, 2.45) is 5.73 Å². The summed E-state index contributed by atoms with van der Waals surface area (Å²) in [6.07, 6.45) is 1.81. The fourth-order valence-corrected chi connectivity index (χ4v) is 1.64. The first kappa shape index (κ1) is 11.1. The lowest BCUT2D eigenvalue weighted by molar-refractivity contribution is 0.225. The van der Waals surface area contributed by atoms with Gasteiger partial charge in [0.05, 0.1) is 11.7 Å². The molecule has 1 rings (SSSR count). The highest BCUT2D eigenvalue weighted by Crippen LogP contribution is 2.19. The van der Waals surface area contributed by atoms with E-state index in [2.05, 4.69) is 23.9 Å². The predicted octanol–water partition coefficient (Wildman–Crippen LogP) is 1.42. The lowest BCUT2D eigenvalue weighted by Crippen LogP contribution is -2.37. The third-order valence-electron chi connectivity index (χ3n) is 2.46. The highest BCUT2D eigenvalue weighted by molar-refractivity contribution is 5.10. The van der Waals surface area contributed by atoms with E-state index in [1.54, 1.807) is 0 Å². The lowest BCUT2D eigenvalue weighted by Gasteiger charge is -2.29. The molecule has 0 saturated heterocycles. The Labute approximate surface area is 85.9 Å². The second-order valence-corrected chi connectivity index (χ2v) is 3.63. The van der Waals surface area contributed by atoms with Crippen molar-refractivity contribution >= 4 is 0 Å². The summed E-state index contributed by atoms with van der Waals surface area (Å²) in [7, 11) is 2.07. The van der Waals surface area contributed by atoms with E-state index >= 15 is 0 Å². The minimum absolute atomic E-state index is 0.0925. The van der Waals surface area contributed by atoms with E-state index in [1.165, 1.54) is 0 Å². The second kappa shape index (κ2) is 5.08. The van der Waals surface area contributed by atoms with Gasteiger partial charge in [-0.3, -0.25) is 9.88 Å². The molecule has 0 aliphatic carbocycles. The standard InChI is InChI=1S/C11H19N3/c1-4-14(3)11(9(2)12)10-7-5-6-8-13-10/h5-9,11H,4,12H2,1-3H3. The molecule has 1 heterocycles. The molecule has 0 fully saturated rings. The number of aromatic nitrogens is 1. The lowest BCUT2D eigenvalue weighted by atomic mass is 10.1. The van der Waals surface area contributed by atoms with Gasteiger partial charge in [-0.05, 0) is 32.6 Å². The van der Waals surface area contributed by atoms with E-state index < -0.39 is 0 Å². The molecule has 0 saturated carbocycles. The molecule has 1 aromatic heterocycles. The Hall–Kier alpha value is -0.930. The minimum Gasteiger partial charge on any atom is -0.326 e. The van der Waals surface area contributed by atoms with Crippen molar-refractivity contribution in [2.75, 3.05) is 13.6 Å². The number of hydrogen-bond acceptors (Lipinski definition) is 3. The molecule has 0 aliphatic rings. The van der Waals surface area contributed by atoms with Crippen LogP contribution in [0.2, 0.25) is 0 Å². The summed E-state index contributed by atoms with van der Waals surface area (Å²) >= 11 is 0. The summed E-state index contributed by atoms with van der Waals surface area (Å²) in [5, 5.41) is 0. The molecule has 0 aliphatic heterocycles. The summed E-state index contributed by atoms with van der Waals surface area (Å²) < 4.78 is 0. The highest BCUT2D eigenvalue weighted by atomic mass is 15.1. The second-order valence-electron chi connectivity index (χ2n) is 3.63. The number of hydrogen-bond donors (Lipinski definition) is 1. The van der Waals surface area contributed by atoms with Crippen LogP contribution in [0.5, 0.6) is 0 Å². The maximum absolute atomic E-state index is 5.96. The van der Waals surface area contributed by atoms with Crippen LogP contribution in [0.4, 0.5) is 0 Å². The normalized spacial score (nSPS) is 15.5. The molecular weight excluding hydrogens is 174 g/mol. The van der Waals surface area contributed by atoms with Crippen molar-refractivity contribution in [3.63, 3.8) is 0 Å². The van der Waals surface area contributed by atoms with Gasteiger partial charge in [0.1, 0.15) is 0 Å². The summed E-state index contributed by atoms with van der Waals surface area (Å²) in [5.74, 6) is 0. The zero-order valence-electron chi connectivity index (χ0n) is 9.14. The van der Waals surface area contributed by atoms with Crippen molar-refractivity contribution in [2.45, 2.75) is 25.9 Å². The third-order valence-corrected chi connectivity index (χ3v) is 2.46. The fraction of sp³-hybridized carbons (Fsp3) is 0.545. The van der Waals surface area contributed by atoms with E-state index in [9.17, 15) is 0 Å². The Balaban J connectivity index is 2.89. The van der Waals surface area contributed by atoms with E-state index in [-0.39, 0.29) is 12.1 Å². The average Bonchev–Trinajstić information content (AvgIpc) is 2.19. The first-order valence-corrected chi connectivity index (χ1v) is 5.03. The van der Waals surface area contributed by atoms with Crippen molar-refractivity contribution < 1.29 is 0 Å². The topological polar surface area (TPSA) is 42.2 Å². The van der Waals surface area contributed by atoms with Crippen LogP contribution >= 0.6 is 0 Å². The van der Waals surface area contributed by atoms with Crippen molar-refractivity contribution in [1.29, 1.82) is 0 Å². The first-order valence-electron chi connectivity index (χ1n) is 5.03. The monoisotopic (exact) mass is 193 g/mol. The number of rotatable bonds is 4. The molecule has 3 heteroatoms. The van der Waals surface area contributed by atoms with Gasteiger partial charge in [-0.25, -0.2) is 0 Å². The summed E-state index contributed by atoms with van der Waals surface area (Å²) in [4.78, 5) is 6.56. The van der Waals surface area contributed by atoms with E-state index in [4.69, 9.17) is 5.73 Å². The third kappa shape index (κ3) is 2.53. The summed E-state index contributed by atoms with van der Waals surface area (Å²) in [6, 6.07) is 6.26. The average molecular weight is 193 g/mol. The molecule has 0 aromatic carbocycles. The van der Waals surface area contributed by atoms with Gasteiger partial charge in [-0.1, -0.05) is 13.0 Å². The van der Waals surface area contributed by atoms with Crippen LogP contribution in [0.3, 0.4) is 0 Å². The maximum atomic E-state index is 5.96. The molecule has 14 heavy (non-hydrogen) atoms. The van der Waals surface area contributed by atoms with E-state index in [0.29, 0.717) is 0 Å². The Bertz CT molecular complexity index is 258. The quantitative estimate of drug-likeness (QED) is 0.786. The van der Waals surface area contributed by atoms with E-state index in [0.717, 1.165) is 12.2 Å². The molecule has 0 spiro atoms. The highest BCUT2D eigenvalue weighted by Gasteiger charge is 2.20. The zero-order chi connectivity index (χ0) is 10.6. The Morgan fingerprint density at radius 2 is 2.21 bits per heavy atom. The predicted molar refractivity (Wildman–Crippen MR) is 58.9 cm³/mol. The minimum atomic E-state index is 0.0925. The van der Waals surface area contributed by atoms with Crippen LogP contribution in [0.25, 0.3) is 0 Å². The maximum Gasteiger partial charge on any atom is 0.0668 e. The van der Waals surface area contributed by atoms with Crippen LogP contribution in [0.15, 0.2) is 24.4 Å². The molecule has 1 aromatic rings. The van der Waals surface area contributed by atoms with Gasteiger partial charge < -0.3 is 5.73 Å². The van der Waals surface area contributed by atoms with Gasteiger partial charge >= 0.3 is 0 Å². The number of nitrogens with two attached hydrogens (primary N) is 1. The van der Waals surface area contributed by atoms with Crippen molar-refractivity contribution in [3.8, 4) is 0 Å². The van der Waals surface area contributed by atoms with Gasteiger partial charge in [0.15, 0.2) is 0 Å². The molecule has 0 radical (unpaired) electrons. The largest absolute Gasteiger partial charge is 0.326 e. The molecule has 2 atom stereocenters. The van der Waals surface area contributed by atoms with Gasteiger partial charge in [-0.15, -0.1) is 0 Å². The molecule has 3 nitrogen and oxygen atoms in total. The number of likely N-dealkylation sites (N-methyl/N-ethyl adjacent to an activating group) is 1. The zero-order valence-corrected chi connectivity index (χ0v) is 9.14. The first-order chi connectivity index (χ1) is 6.66. The smallest absolute Gasteiger partial charge is 0.0668 e. The Kier molecular flexibility index (Phi) is 4.04. The molecule has 2 unspecified atom stereocenters. The molecular formula is C11H19N3. The van der Waals surface area contributed by atoms with Gasteiger partial charge in [0, 0.05) is 12.2 Å². The van der Waals surface area contributed by atoms with Crippen molar-refractivity contribution in [3.05, 3.63) is 30.1 Å². The summed E-state index contributed by atoms with van der Waals surface area (Å²) in [5.41, 5.74) is 7.01.